The van der Waals surface area contributed by atoms with Crippen LogP contribution in [0.3, 0.4) is 0 Å². The number of amides is 1. The second-order valence-corrected chi connectivity index (χ2v) is 6.10. The molecule has 2 aromatic rings. The smallest absolute Gasteiger partial charge is 0.225 e. The van der Waals surface area contributed by atoms with E-state index in [2.05, 4.69) is 15.5 Å². The standard InChI is InChI=1S/C12H14N4O2S2/c1-18-9-5-3-2-4-8(9)14-10(17)6-7-19-12-16-15-11(13)20-12/h2-5H,6-7H2,1H3,(H2,13,15)(H,14,17). The molecule has 0 atom stereocenters. The van der Waals surface area contributed by atoms with E-state index in [0.29, 0.717) is 28.7 Å². The summed E-state index contributed by atoms with van der Waals surface area (Å²) in [6, 6.07) is 7.30. The van der Waals surface area contributed by atoms with Crippen molar-refractivity contribution >= 4 is 39.8 Å². The molecular weight excluding hydrogens is 296 g/mol. The summed E-state index contributed by atoms with van der Waals surface area (Å²) in [5.41, 5.74) is 6.15. The Hall–Kier alpha value is -1.80. The second-order valence-electron chi connectivity index (χ2n) is 3.75. The van der Waals surface area contributed by atoms with E-state index < -0.39 is 0 Å². The molecule has 2 rings (SSSR count). The van der Waals surface area contributed by atoms with E-state index in [0.717, 1.165) is 4.34 Å². The number of ether oxygens (including phenoxy) is 1. The van der Waals surface area contributed by atoms with Crippen molar-refractivity contribution in [1.82, 2.24) is 10.2 Å². The Balaban J connectivity index is 1.80. The predicted octanol–water partition coefficient (Wildman–Crippen LogP) is 2.25. The summed E-state index contributed by atoms with van der Waals surface area (Å²) < 4.78 is 5.94. The first-order valence-electron chi connectivity index (χ1n) is 5.83. The molecule has 0 aliphatic carbocycles. The van der Waals surface area contributed by atoms with E-state index in [-0.39, 0.29) is 5.91 Å². The molecule has 0 unspecified atom stereocenters. The number of nitrogens with one attached hydrogen (secondary N) is 1. The van der Waals surface area contributed by atoms with Crippen molar-refractivity contribution in [2.75, 3.05) is 23.9 Å². The van der Waals surface area contributed by atoms with Crippen LogP contribution in [0.1, 0.15) is 6.42 Å². The lowest BCUT2D eigenvalue weighted by molar-refractivity contribution is -0.115. The van der Waals surface area contributed by atoms with E-state index in [4.69, 9.17) is 10.5 Å². The van der Waals surface area contributed by atoms with Gasteiger partial charge < -0.3 is 15.8 Å². The number of rotatable bonds is 6. The van der Waals surface area contributed by atoms with E-state index in [9.17, 15) is 4.79 Å². The van der Waals surface area contributed by atoms with Crippen LogP contribution in [0, 0.1) is 0 Å². The van der Waals surface area contributed by atoms with Gasteiger partial charge in [0.1, 0.15) is 5.75 Å². The van der Waals surface area contributed by atoms with Crippen LogP contribution in [0.15, 0.2) is 28.6 Å². The first-order chi connectivity index (χ1) is 9.69. The highest BCUT2D eigenvalue weighted by Gasteiger charge is 2.08. The third-order valence-electron chi connectivity index (χ3n) is 2.36. The van der Waals surface area contributed by atoms with Gasteiger partial charge in [0.15, 0.2) is 4.34 Å². The van der Waals surface area contributed by atoms with Gasteiger partial charge in [-0.25, -0.2) is 0 Å². The predicted molar refractivity (Wildman–Crippen MR) is 81.3 cm³/mol. The molecule has 0 radical (unpaired) electrons. The molecule has 0 aliphatic rings. The number of thioether (sulfide) groups is 1. The van der Waals surface area contributed by atoms with Gasteiger partial charge in [-0.3, -0.25) is 4.79 Å². The van der Waals surface area contributed by atoms with Crippen LogP contribution < -0.4 is 15.8 Å². The Labute approximate surface area is 124 Å². The third kappa shape index (κ3) is 4.10. The fourth-order valence-corrected chi connectivity index (χ4v) is 3.12. The minimum atomic E-state index is -0.0699. The zero-order chi connectivity index (χ0) is 14.4. The molecule has 0 saturated carbocycles. The van der Waals surface area contributed by atoms with Gasteiger partial charge in [0.25, 0.3) is 0 Å². The highest BCUT2D eigenvalue weighted by atomic mass is 32.2. The number of aromatic nitrogens is 2. The molecule has 0 saturated heterocycles. The molecule has 0 fully saturated rings. The molecule has 0 aliphatic heterocycles. The van der Waals surface area contributed by atoms with Gasteiger partial charge in [-0.15, -0.1) is 10.2 Å². The Morgan fingerprint density at radius 1 is 1.45 bits per heavy atom. The SMILES string of the molecule is COc1ccccc1NC(=O)CCSc1nnc(N)s1. The lowest BCUT2D eigenvalue weighted by Gasteiger charge is -2.09. The number of nitrogens with zero attached hydrogens (tertiary/aromatic N) is 2. The average Bonchev–Trinajstić information content (AvgIpc) is 2.85. The quantitative estimate of drug-likeness (QED) is 0.795. The number of benzene rings is 1. The van der Waals surface area contributed by atoms with Crippen molar-refractivity contribution in [1.29, 1.82) is 0 Å². The number of anilines is 2. The molecule has 3 N–H and O–H groups in total. The van der Waals surface area contributed by atoms with Crippen molar-refractivity contribution in [3.05, 3.63) is 24.3 Å². The fourth-order valence-electron chi connectivity index (χ4n) is 1.47. The normalized spacial score (nSPS) is 10.2. The van der Waals surface area contributed by atoms with E-state index in [1.54, 1.807) is 19.2 Å². The maximum absolute atomic E-state index is 11.8. The van der Waals surface area contributed by atoms with E-state index in [1.165, 1.54) is 23.1 Å². The van der Waals surface area contributed by atoms with Crippen LogP contribution in [0.4, 0.5) is 10.8 Å². The molecule has 1 aromatic carbocycles. The Morgan fingerprint density at radius 2 is 2.25 bits per heavy atom. The van der Waals surface area contributed by atoms with E-state index >= 15 is 0 Å². The number of para-hydroxylation sites is 2. The minimum Gasteiger partial charge on any atom is -0.495 e. The highest BCUT2D eigenvalue weighted by molar-refractivity contribution is 8.01. The number of nitrogens with two attached hydrogens (primary N) is 1. The van der Waals surface area contributed by atoms with Crippen molar-refractivity contribution in [2.45, 2.75) is 10.8 Å². The maximum atomic E-state index is 11.8. The van der Waals surface area contributed by atoms with Crippen LogP contribution >= 0.6 is 23.1 Å². The zero-order valence-corrected chi connectivity index (χ0v) is 12.5. The van der Waals surface area contributed by atoms with Gasteiger partial charge in [0.05, 0.1) is 12.8 Å². The van der Waals surface area contributed by atoms with Crippen LogP contribution in [0.5, 0.6) is 5.75 Å². The number of nitrogen functional groups attached to an aromatic ring is 1. The Bertz CT molecular complexity index is 588. The molecule has 106 valence electrons. The van der Waals surface area contributed by atoms with Crippen LogP contribution in [-0.4, -0.2) is 29.0 Å². The molecular formula is C12H14N4O2S2. The molecule has 1 amide bonds. The lowest BCUT2D eigenvalue weighted by atomic mass is 10.3. The molecule has 8 heteroatoms. The third-order valence-corrected chi connectivity index (χ3v) is 4.25. The Morgan fingerprint density at radius 3 is 2.95 bits per heavy atom. The summed E-state index contributed by atoms with van der Waals surface area (Å²) >= 11 is 2.78. The van der Waals surface area contributed by atoms with Crippen molar-refractivity contribution in [3.8, 4) is 5.75 Å². The number of carbonyl (C=O) groups excluding carboxylic acids is 1. The second kappa shape index (κ2) is 7.11. The molecule has 20 heavy (non-hydrogen) atoms. The first-order valence-corrected chi connectivity index (χ1v) is 7.64. The molecule has 0 spiro atoms. The summed E-state index contributed by atoms with van der Waals surface area (Å²) in [6.45, 7) is 0. The number of hydrogen-bond donors (Lipinski definition) is 2. The summed E-state index contributed by atoms with van der Waals surface area (Å²) in [7, 11) is 1.57. The van der Waals surface area contributed by atoms with Crippen molar-refractivity contribution < 1.29 is 9.53 Å². The van der Waals surface area contributed by atoms with Crippen LogP contribution in [0.25, 0.3) is 0 Å². The molecule has 6 nitrogen and oxygen atoms in total. The van der Waals surface area contributed by atoms with Crippen LogP contribution in [-0.2, 0) is 4.79 Å². The summed E-state index contributed by atoms with van der Waals surface area (Å²) in [5, 5.41) is 10.8. The first kappa shape index (κ1) is 14.6. The summed E-state index contributed by atoms with van der Waals surface area (Å²) in [4.78, 5) is 11.8. The minimum absolute atomic E-state index is 0.0699. The lowest BCUT2D eigenvalue weighted by Crippen LogP contribution is -2.12. The van der Waals surface area contributed by atoms with Gasteiger partial charge in [0, 0.05) is 12.2 Å². The number of hydrogen-bond acceptors (Lipinski definition) is 7. The van der Waals surface area contributed by atoms with Gasteiger partial charge in [-0.1, -0.05) is 35.2 Å². The number of methoxy groups -OCH3 is 1. The summed E-state index contributed by atoms with van der Waals surface area (Å²) in [5.74, 6) is 1.19. The maximum Gasteiger partial charge on any atom is 0.225 e. The molecule has 1 heterocycles. The van der Waals surface area contributed by atoms with Gasteiger partial charge in [-0.2, -0.15) is 0 Å². The van der Waals surface area contributed by atoms with Crippen molar-refractivity contribution in [3.63, 3.8) is 0 Å². The summed E-state index contributed by atoms with van der Waals surface area (Å²) in [6.07, 6.45) is 0.377. The van der Waals surface area contributed by atoms with Gasteiger partial charge in [0.2, 0.25) is 11.0 Å². The zero-order valence-electron chi connectivity index (χ0n) is 10.8. The average molecular weight is 310 g/mol. The molecule has 1 aromatic heterocycles. The monoisotopic (exact) mass is 310 g/mol. The molecule has 0 bridgehead atoms. The highest BCUT2D eigenvalue weighted by Crippen LogP contribution is 2.25. The van der Waals surface area contributed by atoms with E-state index in [1.807, 2.05) is 12.1 Å². The topological polar surface area (TPSA) is 90.1 Å². The fraction of sp³-hybridized carbons (Fsp3) is 0.250. The van der Waals surface area contributed by atoms with Crippen LogP contribution in [0.2, 0.25) is 0 Å². The number of carbonyl (C=O) groups is 1. The Kier molecular flexibility index (Phi) is 5.19. The largest absolute Gasteiger partial charge is 0.495 e. The van der Waals surface area contributed by atoms with Crippen molar-refractivity contribution in [2.24, 2.45) is 0 Å². The van der Waals surface area contributed by atoms with Gasteiger partial charge in [-0.05, 0) is 12.1 Å². The van der Waals surface area contributed by atoms with Gasteiger partial charge >= 0.3 is 0 Å².